The van der Waals surface area contributed by atoms with Gasteiger partial charge in [0.05, 0.1) is 6.61 Å². The van der Waals surface area contributed by atoms with Gasteiger partial charge in [-0.2, -0.15) is 0 Å². The normalized spacial score (nSPS) is 20.2. The molecule has 5 heteroatoms. The summed E-state index contributed by atoms with van der Waals surface area (Å²) in [5, 5.41) is 6.61. The van der Waals surface area contributed by atoms with E-state index in [9.17, 15) is 4.79 Å². The lowest BCUT2D eigenvalue weighted by molar-refractivity contribution is -0.122. The summed E-state index contributed by atoms with van der Waals surface area (Å²) in [5.41, 5.74) is 1.24. The monoisotopic (exact) mass is 374 g/mol. The van der Waals surface area contributed by atoms with E-state index < -0.39 is 0 Å². The molecule has 2 heterocycles. The maximum absolute atomic E-state index is 12.5. The number of carbonyl (C=O) groups is 1. The Morgan fingerprint density at radius 1 is 1.22 bits per heavy atom. The number of piperidine rings is 1. The fraction of sp³-hybridized carbons (Fsp3) is 0.682. The van der Waals surface area contributed by atoms with Crippen molar-refractivity contribution in [3.05, 3.63) is 29.8 Å². The van der Waals surface area contributed by atoms with Crippen LogP contribution in [0.3, 0.4) is 0 Å². The van der Waals surface area contributed by atoms with Gasteiger partial charge in [0.15, 0.2) is 0 Å². The highest BCUT2D eigenvalue weighted by molar-refractivity contribution is 5.76. The zero-order valence-electron chi connectivity index (χ0n) is 16.6. The van der Waals surface area contributed by atoms with E-state index in [0.29, 0.717) is 25.5 Å². The minimum atomic E-state index is -0.0343. The van der Waals surface area contributed by atoms with E-state index in [-0.39, 0.29) is 11.3 Å². The maximum Gasteiger partial charge on any atom is 0.220 e. The summed E-state index contributed by atoms with van der Waals surface area (Å²) in [4.78, 5) is 12.5. The molecule has 0 spiro atoms. The van der Waals surface area contributed by atoms with Crippen molar-refractivity contribution in [2.45, 2.75) is 50.9 Å². The van der Waals surface area contributed by atoms with Gasteiger partial charge in [-0.1, -0.05) is 12.1 Å². The van der Waals surface area contributed by atoms with Crippen LogP contribution < -0.4 is 15.4 Å². The zero-order valence-corrected chi connectivity index (χ0v) is 16.6. The standard InChI is InChI=1S/C22H34N2O3/c1-2-27-20-6-4-19(5-7-20)22(11-15-26-16-12-22)17-24-21(25)8-3-18-9-13-23-14-10-18/h4-7,18,23H,2-3,8-17H2,1H3,(H,24,25). The highest BCUT2D eigenvalue weighted by Gasteiger charge is 2.34. The van der Waals surface area contributed by atoms with E-state index >= 15 is 0 Å². The molecule has 1 amide bonds. The third-order valence-electron chi connectivity index (χ3n) is 6.09. The van der Waals surface area contributed by atoms with Crippen molar-refractivity contribution < 1.29 is 14.3 Å². The first-order valence-corrected chi connectivity index (χ1v) is 10.5. The number of amides is 1. The summed E-state index contributed by atoms with van der Waals surface area (Å²) < 4.78 is 11.2. The highest BCUT2D eigenvalue weighted by atomic mass is 16.5. The van der Waals surface area contributed by atoms with Gasteiger partial charge in [-0.05, 0) is 75.7 Å². The largest absolute Gasteiger partial charge is 0.494 e. The molecule has 2 fully saturated rings. The van der Waals surface area contributed by atoms with Crippen LogP contribution in [-0.4, -0.2) is 45.4 Å². The number of hydrogen-bond acceptors (Lipinski definition) is 4. The predicted octanol–water partition coefficient (Wildman–Crippen LogP) is 3.03. The molecule has 0 unspecified atom stereocenters. The molecular formula is C22H34N2O3. The fourth-order valence-corrected chi connectivity index (χ4v) is 4.26. The van der Waals surface area contributed by atoms with Crippen LogP contribution in [-0.2, 0) is 14.9 Å². The molecule has 0 saturated carbocycles. The Morgan fingerprint density at radius 3 is 2.59 bits per heavy atom. The van der Waals surface area contributed by atoms with Crippen molar-refractivity contribution in [3.8, 4) is 5.75 Å². The lowest BCUT2D eigenvalue weighted by atomic mass is 9.74. The molecule has 5 nitrogen and oxygen atoms in total. The van der Waals surface area contributed by atoms with Gasteiger partial charge >= 0.3 is 0 Å². The molecule has 2 saturated heterocycles. The first-order valence-electron chi connectivity index (χ1n) is 10.5. The zero-order chi connectivity index (χ0) is 19.0. The number of rotatable bonds is 8. The molecule has 150 valence electrons. The number of carbonyl (C=O) groups excluding carboxylic acids is 1. The second kappa shape index (κ2) is 10.1. The number of benzene rings is 1. The van der Waals surface area contributed by atoms with Crippen LogP contribution in [0.2, 0.25) is 0 Å². The van der Waals surface area contributed by atoms with Crippen molar-refractivity contribution >= 4 is 5.91 Å². The molecule has 1 aromatic rings. The van der Waals surface area contributed by atoms with E-state index in [1.807, 2.05) is 19.1 Å². The summed E-state index contributed by atoms with van der Waals surface area (Å²) in [6.45, 7) is 7.03. The Balaban J connectivity index is 1.56. The van der Waals surface area contributed by atoms with Gasteiger partial charge in [-0.25, -0.2) is 0 Å². The second-order valence-electron chi connectivity index (χ2n) is 7.86. The number of ether oxygens (including phenoxy) is 2. The van der Waals surface area contributed by atoms with E-state index in [2.05, 4.69) is 22.8 Å². The van der Waals surface area contributed by atoms with E-state index in [4.69, 9.17) is 9.47 Å². The van der Waals surface area contributed by atoms with Crippen LogP contribution in [0, 0.1) is 5.92 Å². The third kappa shape index (κ3) is 5.69. The topological polar surface area (TPSA) is 59.6 Å². The van der Waals surface area contributed by atoms with Crippen molar-refractivity contribution in [2.24, 2.45) is 5.92 Å². The molecule has 0 bridgehead atoms. The van der Waals surface area contributed by atoms with Crippen LogP contribution in [0.1, 0.15) is 51.0 Å². The van der Waals surface area contributed by atoms with E-state index in [0.717, 1.165) is 51.3 Å². The van der Waals surface area contributed by atoms with E-state index in [1.165, 1.54) is 18.4 Å². The fourth-order valence-electron chi connectivity index (χ4n) is 4.26. The molecule has 0 aliphatic carbocycles. The number of nitrogens with one attached hydrogen (secondary N) is 2. The van der Waals surface area contributed by atoms with Gasteiger partial charge in [0, 0.05) is 31.6 Å². The Kier molecular flexibility index (Phi) is 7.53. The molecular weight excluding hydrogens is 340 g/mol. The molecule has 3 rings (SSSR count). The third-order valence-corrected chi connectivity index (χ3v) is 6.09. The van der Waals surface area contributed by atoms with E-state index in [1.54, 1.807) is 0 Å². The molecule has 1 aromatic carbocycles. The Labute approximate surface area is 163 Å². The molecule has 2 N–H and O–H groups in total. The average molecular weight is 375 g/mol. The quantitative estimate of drug-likeness (QED) is 0.734. The van der Waals surface area contributed by atoms with Gasteiger partial charge in [0.2, 0.25) is 5.91 Å². The highest BCUT2D eigenvalue weighted by Crippen LogP contribution is 2.35. The molecule has 0 radical (unpaired) electrons. The van der Waals surface area contributed by atoms with Crippen molar-refractivity contribution in [1.82, 2.24) is 10.6 Å². The van der Waals surface area contributed by atoms with Crippen molar-refractivity contribution in [3.63, 3.8) is 0 Å². The summed E-state index contributed by atoms with van der Waals surface area (Å²) in [6.07, 6.45) is 5.92. The Morgan fingerprint density at radius 2 is 1.93 bits per heavy atom. The summed E-state index contributed by atoms with van der Waals surface area (Å²) >= 11 is 0. The van der Waals surface area contributed by atoms with Gasteiger partial charge < -0.3 is 20.1 Å². The minimum Gasteiger partial charge on any atom is -0.494 e. The second-order valence-corrected chi connectivity index (χ2v) is 7.86. The Bertz CT molecular complexity index is 576. The van der Waals surface area contributed by atoms with Crippen LogP contribution in [0.5, 0.6) is 5.75 Å². The van der Waals surface area contributed by atoms with Gasteiger partial charge in [-0.15, -0.1) is 0 Å². The smallest absolute Gasteiger partial charge is 0.220 e. The molecule has 27 heavy (non-hydrogen) atoms. The van der Waals surface area contributed by atoms with Gasteiger partial charge in [0.25, 0.3) is 0 Å². The summed E-state index contributed by atoms with van der Waals surface area (Å²) in [7, 11) is 0. The molecule has 2 aliphatic heterocycles. The lowest BCUT2D eigenvalue weighted by Gasteiger charge is -2.38. The maximum atomic E-state index is 12.5. The van der Waals surface area contributed by atoms with Crippen LogP contribution >= 0.6 is 0 Å². The number of hydrogen-bond donors (Lipinski definition) is 2. The van der Waals surface area contributed by atoms with Gasteiger partial charge in [-0.3, -0.25) is 4.79 Å². The SMILES string of the molecule is CCOc1ccc(C2(CNC(=O)CCC3CCNCC3)CCOCC2)cc1. The molecule has 0 aromatic heterocycles. The first-order chi connectivity index (χ1) is 13.2. The minimum absolute atomic E-state index is 0.0343. The predicted molar refractivity (Wildman–Crippen MR) is 107 cm³/mol. The average Bonchev–Trinajstić information content (AvgIpc) is 2.73. The van der Waals surface area contributed by atoms with Crippen molar-refractivity contribution in [2.75, 3.05) is 39.5 Å². The summed E-state index contributed by atoms with van der Waals surface area (Å²) in [6, 6.07) is 8.37. The van der Waals surface area contributed by atoms with Crippen LogP contribution in [0.4, 0.5) is 0 Å². The first kappa shape index (κ1) is 20.2. The van der Waals surface area contributed by atoms with Crippen LogP contribution in [0.25, 0.3) is 0 Å². The molecule has 2 aliphatic rings. The molecule has 0 atom stereocenters. The van der Waals surface area contributed by atoms with Crippen LogP contribution in [0.15, 0.2) is 24.3 Å². The van der Waals surface area contributed by atoms with Gasteiger partial charge in [0.1, 0.15) is 5.75 Å². The summed E-state index contributed by atoms with van der Waals surface area (Å²) in [5.74, 6) is 1.78. The van der Waals surface area contributed by atoms with Crippen molar-refractivity contribution in [1.29, 1.82) is 0 Å². The Hall–Kier alpha value is -1.59. The lowest BCUT2D eigenvalue weighted by Crippen LogP contribution is -2.44.